The minimum Gasteiger partial charge on any atom is -0.381 e. The van der Waals surface area contributed by atoms with E-state index in [1.54, 1.807) is 0 Å². The zero-order chi connectivity index (χ0) is 14.0. The summed E-state index contributed by atoms with van der Waals surface area (Å²) in [7, 11) is 2.31. The fraction of sp³-hybridized carbons (Fsp3) is 1.00. The summed E-state index contributed by atoms with van der Waals surface area (Å²) in [5, 5.41) is 0. The van der Waals surface area contributed by atoms with Crippen LogP contribution in [-0.2, 0) is 4.74 Å². The molecule has 3 heterocycles. The van der Waals surface area contributed by atoms with Crippen molar-refractivity contribution in [2.75, 3.05) is 46.4 Å². The predicted octanol–water partition coefficient (Wildman–Crippen LogP) is 1.30. The Kier molecular flexibility index (Phi) is 4.65. The molecule has 116 valence electrons. The van der Waals surface area contributed by atoms with Gasteiger partial charge in [-0.1, -0.05) is 6.42 Å². The molecule has 0 aliphatic carbocycles. The van der Waals surface area contributed by atoms with Crippen LogP contribution >= 0.6 is 0 Å². The SMILES string of the molecule is CN(CC1CCCOC1)C1(CN)CCN2CCCCC21. The lowest BCUT2D eigenvalue weighted by Gasteiger charge is -2.47. The summed E-state index contributed by atoms with van der Waals surface area (Å²) in [6.45, 7) is 6.39. The highest BCUT2D eigenvalue weighted by Gasteiger charge is 2.49. The minimum absolute atomic E-state index is 0.220. The second-order valence-electron chi connectivity index (χ2n) is 7.07. The van der Waals surface area contributed by atoms with Crippen LogP contribution in [-0.4, -0.2) is 67.8 Å². The molecule has 3 aliphatic rings. The molecule has 2 N–H and O–H groups in total. The molecule has 20 heavy (non-hydrogen) atoms. The summed E-state index contributed by atoms with van der Waals surface area (Å²) in [6.07, 6.45) is 7.88. The van der Waals surface area contributed by atoms with E-state index in [1.165, 1.54) is 51.6 Å². The summed E-state index contributed by atoms with van der Waals surface area (Å²) < 4.78 is 5.65. The number of nitrogens with two attached hydrogens (primary N) is 1. The number of rotatable bonds is 4. The summed E-state index contributed by atoms with van der Waals surface area (Å²) in [5.41, 5.74) is 6.50. The Bertz CT molecular complexity index is 319. The van der Waals surface area contributed by atoms with Gasteiger partial charge in [-0.25, -0.2) is 0 Å². The van der Waals surface area contributed by atoms with Crippen LogP contribution in [0.25, 0.3) is 0 Å². The standard InChI is InChI=1S/C16H31N3O/c1-18(11-14-5-4-10-20-12-14)16(13-17)7-9-19-8-3-2-6-15(16)19/h14-15H,2-13,17H2,1H3. The first kappa shape index (κ1) is 14.8. The van der Waals surface area contributed by atoms with Gasteiger partial charge in [0.25, 0.3) is 0 Å². The Morgan fingerprint density at radius 2 is 2.15 bits per heavy atom. The van der Waals surface area contributed by atoms with Gasteiger partial charge in [0.2, 0.25) is 0 Å². The van der Waals surface area contributed by atoms with Crippen LogP contribution in [0.3, 0.4) is 0 Å². The van der Waals surface area contributed by atoms with E-state index in [0.29, 0.717) is 12.0 Å². The molecule has 3 atom stereocenters. The van der Waals surface area contributed by atoms with Crippen LogP contribution in [0.4, 0.5) is 0 Å². The number of fused-ring (bicyclic) bond motifs is 1. The Balaban J connectivity index is 1.67. The first-order valence-corrected chi connectivity index (χ1v) is 8.49. The van der Waals surface area contributed by atoms with Gasteiger partial charge in [0.15, 0.2) is 0 Å². The smallest absolute Gasteiger partial charge is 0.0506 e. The van der Waals surface area contributed by atoms with Gasteiger partial charge in [0.05, 0.1) is 6.61 Å². The second-order valence-corrected chi connectivity index (χ2v) is 7.07. The van der Waals surface area contributed by atoms with Crippen molar-refractivity contribution in [3.05, 3.63) is 0 Å². The topological polar surface area (TPSA) is 41.7 Å². The second kappa shape index (κ2) is 6.30. The molecule has 3 unspecified atom stereocenters. The molecule has 0 bridgehead atoms. The van der Waals surface area contributed by atoms with Crippen LogP contribution in [0.1, 0.15) is 38.5 Å². The number of hydrogen-bond acceptors (Lipinski definition) is 4. The lowest BCUT2D eigenvalue weighted by Crippen LogP contribution is -2.61. The Morgan fingerprint density at radius 3 is 2.90 bits per heavy atom. The van der Waals surface area contributed by atoms with Crippen molar-refractivity contribution in [2.24, 2.45) is 11.7 Å². The van der Waals surface area contributed by atoms with Crippen molar-refractivity contribution in [3.63, 3.8) is 0 Å². The minimum atomic E-state index is 0.220. The number of likely N-dealkylation sites (N-methyl/N-ethyl adjacent to an activating group) is 1. The van der Waals surface area contributed by atoms with E-state index in [9.17, 15) is 0 Å². The van der Waals surface area contributed by atoms with Gasteiger partial charge in [-0.05, 0) is 51.6 Å². The third-order valence-corrected chi connectivity index (χ3v) is 5.97. The van der Waals surface area contributed by atoms with Gasteiger partial charge in [-0.3, -0.25) is 9.80 Å². The third kappa shape index (κ3) is 2.63. The molecule has 0 spiro atoms. The molecule has 0 amide bonds. The largest absolute Gasteiger partial charge is 0.381 e. The molecule has 3 fully saturated rings. The van der Waals surface area contributed by atoms with Crippen molar-refractivity contribution in [2.45, 2.75) is 50.1 Å². The third-order valence-electron chi connectivity index (χ3n) is 5.97. The molecular weight excluding hydrogens is 250 g/mol. The van der Waals surface area contributed by atoms with Gasteiger partial charge < -0.3 is 10.5 Å². The normalized spacial score (nSPS) is 39.1. The monoisotopic (exact) mass is 281 g/mol. The number of ether oxygens (including phenoxy) is 1. The average molecular weight is 281 g/mol. The van der Waals surface area contributed by atoms with E-state index in [-0.39, 0.29) is 5.54 Å². The molecular formula is C16H31N3O. The van der Waals surface area contributed by atoms with Crippen molar-refractivity contribution < 1.29 is 4.74 Å². The number of hydrogen-bond donors (Lipinski definition) is 1. The highest BCUT2D eigenvalue weighted by atomic mass is 16.5. The van der Waals surface area contributed by atoms with Gasteiger partial charge >= 0.3 is 0 Å². The zero-order valence-corrected chi connectivity index (χ0v) is 13.0. The van der Waals surface area contributed by atoms with Gasteiger partial charge in [-0.15, -0.1) is 0 Å². The van der Waals surface area contributed by atoms with Gasteiger partial charge in [-0.2, -0.15) is 0 Å². The molecule has 0 aromatic rings. The Labute approximate surface area is 123 Å². The fourth-order valence-electron chi connectivity index (χ4n) is 4.73. The van der Waals surface area contributed by atoms with E-state index in [0.717, 1.165) is 26.3 Å². The van der Waals surface area contributed by atoms with E-state index >= 15 is 0 Å². The average Bonchev–Trinajstić information content (AvgIpc) is 2.88. The predicted molar refractivity (Wildman–Crippen MR) is 81.8 cm³/mol. The highest BCUT2D eigenvalue weighted by Crippen LogP contribution is 2.38. The summed E-state index contributed by atoms with van der Waals surface area (Å²) in [5.74, 6) is 0.704. The Hall–Kier alpha value is -0.160. The number of piperidine rings is 1. The molecule has 3 saturated heterocycles. The van der Waals surface area contributed by atoms with Crippen LogP contribution in [0.2, 0.25) is 0 Å². The van der Waals surface area contributed by atoms with E-state index in [2.05, 4.69) is 16.8 Å². The van der Waals surface area contributed by atoms with E-state index in [1.807, 2.05) is 0 Å². The van der Waals surface area contributed by atoms with Crippen LogP contribution in [0.5, 0.6) is 0 Å². The summed E-state index contributed by atoms with van der Waals surface area (Å²) in [4.78, 5) is 5.30. The van der Waals surface area contributed by atoms with Crippen LogP contribution < -0.4 is 5.73 Å². The molecule has 3 aliphatic heterocycles. The molecule has 4 nitrogen and oxygen atoms in total. The first-order valence-electron chi connectivity index (χ1n) is 8.49. The molecule has 4 heteroatoms. The maximum Gasteiger partial charge on any atom is 0.0506 e. The summed E-state index contributed by atoms with van der Waals surface area (Å²) in [6, 6.07) is 0.691. The zero-order valence-electron chi connectivity index (χ0n) is 13.0. The van der Waals surface area contributed by atoms with Gasteiger partial charge in [0.1, 0.15) is 0 Å². The van der Waals surface area contributed by atoms with Crippen molar-refractivity contribution in [1.82, 2.24) is 9.80 Å². The summed E-state index contributed by atoms with van der Waals surface area (Å²) >= 11 is 0. The fourth-order valence-corrected chi connectivity index (χ4v) is 4.73. The quantitative estimate of drug-likeness (QED) is 0.843. The number of nitrogens with zero attached hydrogens (tertiary/aromatic N) is 2. The first-order chi connectivity index (χ1) is 9.76. The van der Waals surface area contributed by atoms with E-state index < -0.39 is 0 Å². The van der Waals surface area contributed by atoms with Crippen LogP contribution in [0.15, 0.2) is 0 Å². The lowest BCUT2D eigenvalue weighted by atomic mass is 9.83. The highest BCUT2D eigenvalue weighted by molar-refractivity contribution is 5.08. The van der Waals surface area contributed by atoms with Crippen molar-refractivity contribution in [1.29, 1.82) is 0 Å². The Morgan fingerprint density at radius 1 is 1.25 bits per heavy atom. The molecule has 0 aromatic heterocycles. The molecule has 0 saturated carbocycles. The molecule has 0 aromatic carbocycles. The maximum absolute atomic E-state index is 6.28. The van der Waals surface area contributed by atoms with Crippen molar-refractivity contribution >= 4 is 0 Å². The van der Waals surface area contributed by atoms with Gasteiger partial charge in [0, 0.05) is 37.8 Å². The lowest BCUT2D eigenvalue weighted by molar-refractivity contribution is 0.00461. The van der Waals surface area contributed by atoms with Crippen molar-refractivity contribution in [3.8, 4) is 0 Å². The van der Waals surface area contributed by atoms with Crippen LogP contribution in [0, 0.1) is 5.92 Å². The molecule has 3 rings (SSSR count). The maximum atomic E-state index is 6.28. The van der Waals surface area contributed by atoms with E-state index in [4.69, 9.17) is 10.5 Å². The molecule has 0 radical (unpaired) electrons.